The monoisotopic (exact) mass is 265 g/mol. The molecular formula is C11H8BrNO2. The summed E-state index contributed by atoms with van der Waals surface area (Å²) in [5.74, 6) is -0.622. The van der Waals surface area contributed by atoms with Gasteiger partial charge in [-0.1, -0.05) is 12.1 Å². The molecule has 1 aromatic carbocycles. The van der Waals surface area contributed by atoms with Crippen LogP contribution in [0.3, 0.4) is 0 Å². The fourth-order valence-corrected chi connectivity index (χ4v) is 1.83. The number of amides is 2. The maximum absolute atomic E-state index is 11.6. The second-order valence-electron chi connectivity index (χ2n) is 3.31. The molecule has 0 atom stereocenters. The average molecular weight is 266 g/mol. The van der Waals surface area contributed by atoms with E-state index in [0.29, 0.717) is 10.2 Å². The minimum atomic E-state index is -0.314. The van der Waals surface area contributed by atoms with E-state index in [4.69, 9.17) is 0 Å². The number of aryl methyl sites for hydroxylation is 1. The van der Waals surface area contributed by atoms with E-state index in [2.05, 4.69) is 15.9 Å². The summed E-state index contributed by atoms with van der Waals surface area (Å²) in [6.45, 7) is 1.91. The van der Waals surface area contributed by atoms with Gasteiger partial charge in [0.1, 0.15) is 0 Å². The highest BCUT2D eigenvalue weighted by atomic mass is 79.9. The number of nitrogens with zero attached hydrogens (tertiary/aromatic N) is 1. The van der Waals surface area contributed by atoms with Gasteiger partial charge < -0.3 is 0 Å². The zero-order valence-electron chi connectivity index (χ0n) is 8.03. The van der Waals surface area contributed by atoms with Gasteiger partial charge in [0.25, 0.3) is 11.8 Å². The third kappa shape index (κ3) is 1.72. The van der Waals surface area contributed by atoms with Crippen LogP contribution in [0.25, 0.3) is 0 Å². The van der Waals surface area contributed by atoms with Crippen molar-refractivity contribution in [1.82, 2.24) is 0 Å². The predicted molar refractivity (Wildman–Crippen MR) is 60.7 cm³/mol. The molecule has 0 aromatic heterocycles. The van der Waals surface area contributed by atoms with E-state index in [1.807, 2.05) is 19.1 Å². The number of halogens is 1. The first kappa shape index (κ1) is 10.1. The zero-order chi connectivity index (χ0) is 11.0. The second kappa shape index (κ2) is 3.62. The molecule has 0 bridgehead atoms. The molecular weight excluding hydrogens is 258 g/mol. The molecule has 2 amide bonds. The Kier molecular flexibility index (Phi) is 2.44. The van der Waals surface area contributed by atoms with Crippen LogP contribution in [0, 0.1) is 6.92 Å². The van der Waals surface area contributed by atoms with E-state index in [1.54, 1.807) is 12.1 Å². The van der Waals surface area contributed by atoms with Gasteiger partial charge in [0, 0.05) is 6.08 Å². The number of carbonyl (C=O) groups excluding carboxylic acids is 2. The summed E-state index contributed by atoms with van der Waals surface area (Å²) in [6.07, 6.45) is 1.28. The molecule has 0 saturated carbocycles. The van der Waals surface area contributed by atoms with Gasteiger partial charge in [-0.15, -0.1) is 0 Å². The van der Waals surface area contributed by atoms with Crippen LogP contribution < -0.4 is 4.90 Å². The standard InChI is InChI=1S/C11H8BrNO2/c1-7-3-2-4-8(5-7)13-10(14)6-9(12)11(13)15/h2-6H,1H3. The molecule has 76 valence electrons. The Morgan fingerprint density at radius 1 is 1.27 bits per heavy atom. The van der Waals surface area contributed by atoms with Gasteiger partial charge in [0.15, 0.2) is 0 Å². The summed E-state index contributed by atoms with van der Waals surface area (Å²) in [7, 11) is 0. The quantitative estimate of drug-likeness (QED) is 0.730. The Morgan fingerprint density at radius 2 is 2.00 bits per heavy atom. The number of hydrogen-bond acceptors (Lipinski definition) is 2. The molecule has 0 saturated heterocycles. The van der Waals surface area contributed by atoms with Gasteiger partial charge in [-0.25, -0.2) is 4.90 Å². The summed E-state index contributed by atoms with van der Waals surface area (Å²) in [5.41, 5.74) is 1.62. The predicted octanol–water partition coefficient (Wildman–Crippen LogP) is 2.15. The largest absolute Gasteiger partial charge is 0.272 e. The second-order valence-corrected chi connectivity index (χ2v) is 4.16. The van der Waals surface area contributed by atoms with Crippen molar-refractivity contribution in [2.24, 2.45) is 0 Å². The summed E-state index contributed by atoms with van der Waals surface area (Å²) in [5, 5.41) is 0. The molecule has 1 aliphatic heterocycles. The third-order valence-corrected chi connectivity index (χ3v) is 2.71. The van der Waals surface area contributed by atoms with Crippen LogP contribution >= 0.6 is 15.9 Å². The molecule has 3 nitrogen and oxygen atoms in total. The highest BCUT2D eigenvalue weighted by Crippen LogP contribution is 2.25. The van der Waals surface area contributed by atoms with Gasteiger partial charge in [-0.05, 0) is 40.5 Å². The lowest BCUT2D eigenvalue weighted by Gasteiger charge is -2.14. The SMILES string of the molecule is Cc1cccc(N2C(=O)C=C(Br)C2=O)c1. The molecule has 0 spiro atoms. The minimum Gasteiger partial charge on any atom is -0.269 e. The molecule has 0 radical (unpaired) electrons. The fourth-order valence-electron chi connectivity index (χ4n) is 1.45. The Hall–Kier alpha value is -1.42. The average Bonchev–Trinajstić information content (AvgIpc) is 2.41. The van der Waals surface area contributed by atoms with E-state index in [-0.39, 0.29) is 11.8 Å². The smallest absolute Gasteiger partial charge is 0.269 e. The number of imide groups is 1. The Balaban J connectivity index is 2.42. The van der Waals surface area contributed by atoms with Crippen LogP contribution in [0.15, 0.2) is 34.8 Å². The highest BCUT2D eigenvalue weighted by Gasteiger charge is 2.30. The van der Waals surface area contributed by atoms with Gasteiger partial charge >= 0.3 is 0 Å². The number of hydrogen-bond donors (Lipinski definition) is 0. The molecule has 2 rings (SSSR count). The molecule has 15 heavy (non-hydrogen) atoms. The number of anilines is 1. The summed E-state index contributed by atoms with van der Waals surface area (Å²) in [6, 6.07) is 7.27. The number of rotatable bonds is 1. The summed E-state index contributed by atoms with van der Waals surface area (Å²) < 4.78 is 0.300. The van der Waals surface area contributed by atoms with Crippen molar-refractivity contribution in [3.63, 3.8) is 0 Å². The lowest BCUT2D eigenvalue weighted by atomic mass is 10.2. The molecule has 0 fully saturated rings. The highest BCUT2D eigenvalue weighted by molar-refractivity contribution is 9.12. The van der Waals surface area contributed by atoms with Crippen LogP contribution in [0.5, 0.6) is 0 Å². The summed E-state index contributed by atoms with van der Waals surface area (Å²) >= 11 is 3.05. The topological polar surface area (TPSA) is 37.4 Å². The van der Waals surface area contributed by atoms with Gasteiger partial charge in [-0.3, -0.25) is 9.59 Å². The fraction of sp³-hybridized carbons (Fsp3) is 0.0909. The Morgan fingerprint density at radius 3 is 2.53 bits per heavy atom. The van der Waals surface area contributed by atoms with E-state index >= 15 is 0 Å². The van der Waals surface area contributed by atoms with Crippen LogP contribution in [0.1, 0.15) is 5.56 Å². The lowest BCUT2D eigenvalue weighted by Crippen LogP contribution is -2.30. The van der Waals surface area contributed by atoms with E-state index in [0.717, 1.165) is 10.5 Å². The van der Waals surface area contributed by atoms with Crippen molar-refractivity contribution in [3.8, 4) is 0 Å². The van der Waals surface area contributed by atoms with Crippen molar-refractivity contribution in [2.75, 3.05) is 4.90 Å². The molecule has 0 aliphatic carbocycles. The zero-order valence-corrected chi connectivity index (χ0v) is 9.61. The molecule has 1 aliphatic rings. The molecule has 0 unspecified atom stereocenters. The Labute approximate surface area is 95.5 Å². The first-order valence-corrected chi connectivity index (χ1v) is 5.21. The minimum absolute atomic E-state index is 0.300. The maximum Gasteiger partial charge on any atom is 0.272 e. The Bertz CT molecular complexity index is 479. The van der Waals surface area contributed by atoms with E-state index in [9.17, 15) is 9.59 Å². The van der Waals surface area contributed by atoms with Gasteiger partial charge in [0.05, 0.1) is 10.2 Å². The first-order chi connectivity index (χ1) is 7.09. The molecule has 4 heteroatoms. The van der Waals surface area contributed by atoms with Crippen molar-refractivity contribution in [3.05, 3.63) is 40.4 Å². The van der Waals surface area contributed by atoms with Crippen molar-refractivity contribution in [1.29, 1.82) is 0 Å². The summed E-state index contributed by atoms with van der Waals surface area (Å²) in [4.78, 5) is 24.3. The van der Waals surface area contributed by atoms with Crippen LogP contribution in [0.4, 0.5) is 5.69 Å². The molecule has 1 heterocycles. The van der Waals surface area contributed by atoms with Crippen molar-refractivity contribution in [2.45, 2.75) is 6.92 Å². The van der Waals surface area contributed by atoms with Crippen LogP contribution in [0.2, 0.25) is 0 Å². The normalized spacial score (nSPS) is 15.9. The molecule has 1 aromatic rings. The van der Waals surface area contributed by atoms with E-state index < -0.39 is 0 Å². The lowest BCUT2D eigenvalue weighted by molar-refractivity contribution is -0.120. The third-order valence-electron chi connectivity index (χ3n) is 2.14. The van der Waals surface area contributed by atoms with Crippen molar-refractivity contribution >= 4 is 33.4 Å². The number of benzene rings is 1. The van der Waals surface area contributed by atoms with Crippen LogP contribution in [-0.4, -0.2) is 11.8 Å². The first-order valence-electron chi connectivity index (χ1n) is 4.42. The van der Waals surface area contributed by atoms with Gasteiger partial charge in [-0.2, -0.15) is 0 Å². The maximum atomic E-state index is 11.6. The van der Waals surface area contributed by atoms with Gasteiger partial charge in [0.2, 0.25) is 0 Å². The van der Waals surface area contributed by atoms with Crippen LogP contribution in [-0.2, 0) is 9.59 Å². The molecule has 0 N–H and O–H groups in total. The number of carbonyl (C=O) groups is 2. The van der Waals surface area contributed by atoms with Crippen molar-refractivity contribution < 1.29 is 9.59 Å². The van der Waals surface area contributed by atoms with E-state index in [1.165, 1.54) is 6.08 Å².